The maximum atomic E-state index is 12.5. The molecule has 1 aliphatic heterocycles. The van der Waals surface area contributed by atoms with Crippen LogP contribution >= 0.6 is 11.3 Å². The monoisotopic (exact) mass is 331 g/mol. The first-order valence-corrected chi connectivity index (χ1v) is 8.74. The summed E-state index contributed by atoms with van der Waals surface area (Å²) < 4.78 is 0. The number of carbonyl (C=O) groups excluding carboxylic acids is 1. The fraction of sp³-hybridized carbons (Fsp3) is 0.438. The quantitative estimate of drug-likeness (QED) is 0.907. The van der Waals surface area contributed by atoms with Crippen LogP contribution in [0, 0.1) is 0 Å². The zero-order chi connectivity index (χ0) is 16.1. The second-order valence-corrected chi connectivity index (χ2v) is 6.36. The molecule has 0 spiro atoms. The van der Waals surface area contributed by atoms with Crippen LogP contribution in [-0.2, 0) is 6.54 Å². The van der Waals surface area contributed by atoms with Crippen molar-refractivity contribution in [2.24, 2.45) is 0 Å². The molecule has 0 atom stereocenters. The van der Waals surface area contributed by atoms with Gasteiger partial charge < -0.3 is 10.2 Å². The van der Waals surface area contributed by atoms with E-state index >= 15 is 0 Å². The van der Waals surface area contributed by atoms with Gasteiger partial charge in [-0.2, -0.15) is 0 Å². The number of amides is 1. The Bertz CT molecular complexity index is 637. The van der Waals surface area contributed by atoms with Crippen LogP contribution < -0.4 is 5.32 Å². The van der Waals surface area contributed by atoms with Gasteiger partial charge in [-0.15, -0.1) is 11.3 Å². The molecule has 0 aliphatic carbocycles. The lowest BCUT2D eigenvalue weighted by molar-refractivity contribution is 0.0623. The number of piperazine rings is 1. The second-order valence-electron chi connectivity index (χ2n) is 5.50. The first kappa shape index (κ1) is 15.9. The molecule has 122 valence electrons. The van der Waals surface area contributed by atoms with E-state index < -0.39 is 0 Å². The summed E-state index contributed by atoms with van der Waals surface area (Å²) in [7, 11) is 0. The van der Waals surface area contributed by atoms with E-state index in [4.69, 9.17) is 0 Å². The van der Waals surface area contributed by atoms with Gasteiger partial charge in [-0.05, 0) is 18.6 Å². The lowest BCUT2D eigenvalue weighted by atomic mass is 10.2. The minimum Gasteiger partial charge on any atom is -0.362 e. The lowest BCUT2D eigenvalue weighted by Crippen LogP contribution is -2.48. The van der Waals surface area contributed by atoms with Gasteiger partial charge >= 0.3 is 0 Å². The van der Waals surface area contributed by atoms with Crippen molar-refractivity contribution in [3.63, 3.8) is 0 Å². The Labute approximate surface area is 140 Å². The molecular weight excluding hydrogens is 310 g/mol. The number of nitrogens with one attached hydrogen (secondary N) is 1. The molecule has 0 unspecified atom stereocenters. The summed E-state index contributed by atoms with van der Waals surface area (Å²) in [4.78, 5) is 25.2. The highest BCUT2D eigenvalue weighted by Crippen LogP contribution is 2.17. The zero-order valence-corrected chi connectivity index (χ0v) is 14.1. The van der Waals surface area contributed by atoms with E-state index in [2.05, 4.69) is 26.3 Å². The highest BCUT2D eigenvalue weighted by Gasteiger charge is 2.23. The summed E-state index contributed by atoms with van der Waals surface area (Å²) in [5, 5.41) is 5.79. The van der Waals surface area contributed by atoms with Crippen molar-refractivity contribution >= 4 is 22.4 Å². The van der Waals surface area contributed by atoms with Crippen LogP contribution in [0.3, 0.4) is 0 Å². The van der Waals surface area contributed by atoms with Crippen molar-refractivity contribution < 1.29 is 4.79 Å². The number of pyridine rings is 1. The Kier molecular flexibility index (Phi) is 5.19. The van der Waals surface area contributed by atoms with Gasteiger partial charge in [0.2, 0.25) is 0 Å². The van der Waals surface area contributed by atoms with Crippen LogP contribution in [0.2, 0.25) is 0 Å². The molecule has 0 radical (unpaired) electrons. The number of thiazole rings is 1. The van der Waals surface area contributed by atoms with E-state index in [0.717, 1.165) is 44.4 Å². The van der Waals surface area contributed by atoms with Gasteiger partial charge in [-0.25, -0.2) is 4.98 Å². The van der Waals surface area contributed by atoms with Gasteiger partial charge in [0.1, 0.15) is 5.69 Å². The van der Waals surface area contributed by atoms with Crippen LogP contribution in [0.25, 0.3) is 0 Å². The topological polar surface area (TPSA) is 61.4 Å². The minimum absolute atomic E-state index is 0.0337. The third-order valence-electron chi connectivity index (χ3n) is 3.84. The number of aromatic nitrogens is 2. The molecule has 1 fully saturated rings. The summed E-state index contributed by atoms with van der Waals surface area (Å²) in [5.74, 6) is 0.0337. The maximum absolute atomic E-state index is 12.5. The standard InChI is InChI=1S/C16H21N5OS/c1-2-18-16-19-14(12-23-16)15(22)21-8-6-20(7-9-21)11-13-4-3-5-17-10-13/h3-5,10,12H,2,6-9,11H2,1H3,(H,18,19). The molecule has 1 N–H and O–H groups in total. The number of hydrogen-bond donors (Lipinski definition) is 1. The highest BCUT2D eigenvalue weighted by molar-refractivity contribution is 7.13. The first-order chi connectivity index (χ1) is 11.3. The Morgan fingerprint density at radius 1 is 1.35 bits per heavy atom. The van der Waals surface area contributed by atoms with E-state index in [9.17, 15) is 4.79 Å². The van der Waals surface area contributed by atoms with Crippen molar-refractivity contribution in [1.29, 1.82) is 0 Å². The summed E-state index contributed by atoms with van der Waals surface area (Å²) in [6, 6.07) is 4.04. The molecule has 3 heterocycles. The first-order valence-electron chi connectivity index (χ1n) is 7.86. The minimum atomic E-state index is 0.0337. The van der Waals surface area contributed by atoms with Crippen molar-refractivity contribution in [3.8, 4) is 0 Å². The van der Waals surface area contributed by atoms with Gasteiger partial charge in [0.05, 0.1) is 0 Å². The molecule has 0 bridgehead atoms. The van der Waals surface area contributed by atoms with E-state index in [1.807, 2.05) is 29.5 Å². The van der Waals surface area contributed by atoms with E-state index in [1.54, 1.807) is 6.20 Å². The van der Waals surface area contributed by atoms with Gasteiger partial charge in [0.25, 0.3) is 5.91 Å². The molecule has 2 aromatic heterocycles. The Morgan fingerprint density at radius 2 is 2.17 bits per heavy atom. The smallest absolute Gasteiger partial charge is 0.273 e. The number of rotatable bonds is 5. The van der Waals surface area contributed by atoms with Crippen molar-refractivity contribution in [3.05, 3.63) is 41.2 Å². The largest absolute Gasteiger partial charge is 0.362 e. The molecule has 3 rings (SSSR count). The van der Waals surface area contributed by atoms with E-state index in [-0.39, 0.29) is 5.91 Å². The van der Waals surface area contributed by atoms with Crippen LogP contribution in [-0.4, -0.2) is 58.4 Å². The van der Waals surface area contributed by atoms with Gasteiger partial charge in [-0.3, -0.25) is 14.7 Å². The predicted molar refractivity (Wildman–Crippen MR) is 91.7 cm³/mol. The number of hydrogen-bond acceptors (Lipinski definition) is 6. The second kappa shape index (κ2) is 7.52. The predicted octanol–water partition coefficient (Wildman–Crippen LogP) is 1.93. The zero-order valence-electron chi connectivity index (χ0n) is 13.2. The van der Waals surface area contributed by atoms with Gasteiger partial charge in [0.15, 0.2) is 5.13 Å². The van der Waals surface area contributed by atoms with Crippen LogP contribution in [0.4, 0.5) is 5.13 Å². The number of anilines is 1. The van der Waals surface area contributed by atoms with Crippen molar-refractivity contribution in [2.75, 3.05) is 38.0 Å². The third-order valence-corrected chi connectivity index (χ3v) is 4.64. The number of nitrogens with zero attached hydrogens (tertiary/aromatic N) is 4. The Hall–Kier alpha value is -1.99. The van der Waals surface area contributed by atoms with Gasteiger partial charge in [-0.1, -0.05) is 6.07 Å². The van der Waals surface area contributed by atoms with Crippen LogP contribution in [0.1, 0.15) is 23.0 Å². The molecule has 0 aromatic carbocycles. The van der Waals surface area contributed by atoms with Crippen LogP contribution in [0.15, 0.2) is 29.9 Å². The maximum Gasteiger partial charge on any atom is 0.273 e. The molecule has 0 saturated carbocycles. The van der Waals surface area contributed by atoms with Gasteiger partial charge in [0, 0.05) is 57.0 Å². The molecule has 1 amide bonds. The summed E-state index contributed by atoms with van der Waals surface area (Å²) in [5.41, 5.74) is 1.76. The van der Waals surface area contributed by atoms with Crippen LogP contribution in [0.5, 0.6) is 0 Å². The Balaban J connectivity index is 1.52. The van der Waals surface area contributed by atoms with E-state index in [1.165, 1.54) is 16.9 Å². The molecular formula is C16H21N5OS. The third kappa shape index (κ3) is 4.05. The molecule has 1 saturated heterocycles. The summed E-state index contributed by atoms with van der Waals surface area (Å²) in [6.45, 7) is 6.96. The molecule has 6 nitrogen and oxygen atoms in total. The molecule has 2 aromatic rings. The summed E-state index contributed by atoms with van der Waals surface area (Å²) >= 11 is 1.48. The Morgan fingerprint density at radius 3 is 2.87 bits per heavy atom. The number of carbonyl (C=O) groups is 1. The van der Waals surface area contributed by atoms with E-state index in [0.29, 0.717) is 5.69 Å². The average Bonchev–Trinajstić information content (AvgIpc) is 3.05. The molecule has 1 aliphatic rings. The highest BCUT2D eigenvalue weighted by atomic mass is 32.1. The fourth-order valence-corrected chi connectivity index (χ4v) is 3.38. The lowest BCUT2D eigenvalue weighted by Gasteiger charge is -2.34. The van der Waals surface area contributed by atoms with Crippen molar-refractivity contribution in [1.82, 2.24) is 19.8 Å². The molecule has 23 heavy (non-hydrogen) atoms. The average molecular weight is 331 g/mol. The normalized spacial score (nSPS) is 15.6. The molecule has 7 heteroatoms. The fourth-order valence-electron chi connectivity index (χ4n) is 2.63. The van der Waals surface area contributed by atoms with Crippen molar-refractivity contribution in [2.45, 2.75) is 13.5 Å². The SMILES string of the molecule is CCNc1nc(C(=O)N2CCN(Cc3cccnc3)CC2)cs1. The summed E-state index contributed by atoms with van der Waals surface area (Å²) in [6.07, 6.45) is 3.69.